The average Bonchev–Trinajstić information content (AvgIpc) is 3.12. The van der Waals surface area contributed by atoms with Gasteiger partial charge in [0.1, 0.15) is 5.01 Å². The summed E-state index contributed by atoms with van der Waals surface area (Å²) in [4.78, 5) is 27.7. The van der Waals surface area contributed by atoms with Gasteiger partial charge in [-0.3, -0.25) is 14.9 Å². The maximum Gasteiger partial charge on any atom is 0.272 e. The summed E-state index contributed by atoms with van der Waals surface area (Å²) in [5, 5.41) is 14.7. The van der Waals surface area contributed by atoms with Crippen molar-refractivity contribution in [3.05, 3.63) is 88.0 Å². The summed E-state index contributed by atoms with van der Waals surface area (Å²) in [6.07, 6.45) is 0. The van der Waals surface area contributed by atoms with E-state index in [1.165, 1.54) is 18.2 Å². The fourth-order valence-electron chi connectivity index (χ4n) is 2.93. The number of anilines is 1. The smallest absolute Gasteiger partial charge is 0.272 e. The molecule has 1 aromatic heterocycles. The lowest BCUT2D eigenvalue weighted by Gasteiger charge is -2.07. The van der Waals surface area contributed by atoms with Crippen LogP contribution in [0.15, 0.2) is 66.7 Å². The Hall–Kier alpha value is -3.58. The van der Waals surface area contributed by atoms with Crippen LogP contribution >= 0.6 is 11.3 Å². The first kappa shape index (κ1) is 17.8. The monoisotopic (exact) mass is 389 g/mol. The van der Waals surface area contributed by atoms with Crippen molar-refractivity contribution < 1.29 is 9.72 Å². The molecule has 0 radical (unpaired) electrons. The number of amides is 1. The Morgan fingerprint density at radius 3 is 2.64 bits per heavy atom. The summed E-state index contributed by atoms with van der Waals surface area (Å²) in [6, 6.07) is 19.7. The van der Waals surface area contributed by atoms with Crippen molar-refractivity contribution in [2.75, 3.05) is 5.32 Å². The number of benzene rings is 3. The van der Waals surface area contributed by atoms with E-state index < -0.39 is 4.92 Å². The third-order valence-electron chi connectivity index (χ3n) is 4.32. The number of aromatic nitrogens is 1. The van der Waals surface area contributed by atoms with Crippen LogP contribution in [0, 0.1) is 17.0 Å². The number of thiazole rings is 1. The summed E-state index contributed by atoms with van der Waals surface area (Å²) in [5.74, 6) is -0.320. The van der Waals surface area contributed by atoms with Crippen LogP contribution in [0.4, 0.5) is 11.4 Å². The number of hydrogen-bond acceptors (Lipinski definition) is 5. The van der Waals surface area contributed by atoms with Gasteiger partial charge in [-0.25, -0.2) is 4.98 Å². The molecule has 0 saturated carbocycles. The SMILES string of the molecule is Cc1cc(C(=O)Nc2cccc(-c3nc4ccccc4s3)c2)ccc1[N+](=O)[O-]. The summed E-state index contributed by atoms with van der Waals surface area (Å²) in [7, 11) is 0. The molecule has 0 aliphatic carbocycles. The molecule has 138 valence electrons. The normalized spacial score (nSPS) is 10.8. The fraction of sp³-hybridized carbons (Fsp3) is 0.0476. The molecule has 0 fully saturated rings. The largest absolute Gasteiger partial charge is 0.322 e. The van der Waals surface area contributed by atoms with Crippen molar-refractivity contribution in [3.8, 4) is 10.6 Å². The number of carbonyl (C=O) groups is 1. The van der Waals surface area contributed by atoms with Gasteiger partial charge in [0.05, 0.1) is 15.1 Å². The molecule has 0 saturated heterocycles. The van der Waals surface area contributed by atoms with Gasteiger partial charge in [0.15, 0.2) is 0 Å². The highest BCUT2D eigenvalue weighted by atomic mass is 32.1. The van der Waals surface area contributed by atoms with Crippen LogP contribution in [-0.2, 0) is 0 Å². The van der Waals surface area contributed by atoms with E-state index in [4.69, 9.17) is 0 Å². The lowest BCUT2D eigenvalue weighted by atomic mass is 10.1. The second kappa shape index (κ2) is 7.21. The van der Waals surface area contributed by atoms with Crippen LogP contribution < -0.4 is 5.32 Å². The highest BCUT2D eigenvalue weighted by Gasteiger charge is 2.14. The third kappa shape index (κ3) is 3.47. The van der Waals surface area contributed by atoms with Crippen molar-refractivity contribution >= 4 is 38.8 Å². The number of hydrogen-bond donors (Lipinski definition) is 1. The molecule has 0 spiro atoms. The summed E-state index contributed by atoms with van der Waals surface area (Å²) < 4.78 is 1.10. The Morgan fingerprint density at radius 2 is 1.89 bits per heavy atom. The molecular formula is C21H15N3O3S. The van der Waals surface area contributed by atoms with Crippen LogP contribution in [0.25, 0.3) is 20.8 Å². The molecule has 0 aliphatic rings. The van der Waals surface area contributed by atoms with E-state index >= 15 is 0 Å². The predicted molar refractivity (Wildman–Crippen MR) is 111 cm³/mol. The van der Waals surface area contributed by atoms with Gasteiger partial charge in [-0.05, 0) is 43.3 Å². The fourth-order valence-corrected chi connectivity index (χ4v) is 3.89. The number of aryl methyl sites for hydroxylation is 1. The number of fused-ring (bicyclic) bond motifs is 1. The van der Waals surface area contributed by atoms with Gasteiger partial charge in [0, 0.05) is 28.4 Å². The number of rotatable bonds is 4. The number of nitro groups is 1. The molecule has 6 nitrogen and oxygen atoms in total. The standard InChI is InChI=1S/C21H15N3O3S/c1-13-11-14(9-10-18(13)24(26)27)20(25)22-16-6-4-5-15(12-16)21-23-17-7-2-3-8-19(17)28-21/h2-12H,1H3,(H,22,25). The van der Waals surface area contributed by atoms with Gasteiger partial charge in [0.25, 0.3) is 11.6 Å². The Morgan fingerprint density at radius 1 is 1.07 bits per heavy atom. The number of nitro benzene ring substituents is 1. The van der Waals surface area contributed by atoms with Gasteiger partial charge >= 0.3 is 0 Å². The molecule has 28 heavy (non-hydrogen) atoms. The zero-order valence-corrected chi connectivity index (χ0v) is 15.7. The second-order valence-electron chi connectivity index (χ2n) is 6.28. The minimum absolute atomic E-state index is 0.00520. The van der Waals surface area contributed by atoms with E-state index in [2.05, 4.69) is 10.3 Å². The van der Waals surface area contributed by atoms with Gasteiger partial charge in [0.2, 0.25) is 0 Å². The first-order valence-electron chi connectivity index (χ1n) is 8.54. The number of para-hydroxylation sites is 1. The molecule has 1 heterocycles. The van der Waals surface area contributed by atoms with Crippen LogP contribution in [0.1, 0.15) is 15.9 Å². The number of carbonyl (C=O) groups excluding carboxylic acids is 1. The molecule has 4 rings (SSSR count). The second-order valence-corrected chi connectivity index (χ2v) is 7.31. The van der Waals surface area contributed by atoms with Crippen LogP contribution in [0.2, 0.25) is 0 Å². The molecule has 7 heteroatoms. The topological polar surface area (TPSA) is 85.1 Å². The molecule has 3 aromatic carbocycles. The summed E-state index contributed by atoms with van der Waals surface area (Å²) in [5.41, 5.74) is 3.30. The van der Waals surface area contributed by atoms with E-state index in [1.807, 2.05) is 42.5 Å². The van der Waals surface area contributed by atoms with E-state index in [9.17, 15) is 14.9 Å². The summed E-state index contributed by atoms with van der Waals surface area (Å²) >= 11 is 1.59. The van der Waals surface area contributed by atoms with Gasteiger partial charge < -0.3 is 5.32 Å². The Labute approximate surface area is 164 Å². The summed E-state index contributed by atoms with van der Waals surface area (Å²) in [6.45, 7) is 1.61. The molecule has 4 aromatic rings. The zero-order valence-electron chi connectivity index (χ0n) is 14.9. The first-order valence-corrected chi connectivity index (χ1v) is 9.35. The van der Waals surface area contributed by atoms with Crippen molar-refractivity contribution in [2.24, 2.45) is 0 Å². The molecule has 0 atom stereocenters. The van der Waals surface area contributed by atoms with E-state index in [-0.39, 0.29) is 11.6 Å². The zero-order chi connectivity index (χ0) is 19.7. The lowest BCUT2D eigenvalue weighted by Crippen LogP contribution is -2.12. The molecule has 1 N–H and O–H groups in total. The molecule has 0 bridgehead atoms. The van der Waals surface area contributed by atoms with Gasteiger partial charge in [-0.2, -0.15) is 0 Å². The van der Waals surface area contributed by atoms with Gasteiger partial charge in [-0.1, -0.05) is 24.3 Å². The lowest BCUT2D eigenvalue weighted by molar-refractivity contribution is -0.385. The quantitative estimate of drug-likeness (QED) is 0.372. The van der Waals surface area contributed by atoms with Crippen molar-refractivity contribution in [1.82, 2.24) is 4.98 Å². The van der Waals surface area contributed by atoms with E-state index in [0.29, 0.717) is 16.8 Å². The van der Waals surface area contributed by atoms with E-state index in [0.717, 1.165) is 20.8 Å². The highest BCUT2D eigenvalue weighted by Crippen LogP contribution is 2.31. The number of nitrogens with zero attached hydrogens (tertiary/aromatic N) is 2. The Balaban J connectivity index is 1.59. The average molecular weight is 389 g/mol. The van der Waals surface area contributed by atoms with Crippen LogP contribution in [0.5, 0.6) is 0 Å². The van der Waals surface area contributed by atoms with Crippen LogP contribution in [0.3, 0.4) is 0 Å². The minimum Gasteiger partial charge on any atom is -0.322 e. The molecule has 0 aliphatic heterocycles. The maximum absolute atomic E-state index is 12.5. The third-order valence-corrected chi connectivity index (χ3v) is 5.40. The minimum atomic E-state index is -0.460. The van der Waals surface area contributed by atoms with Crippen molar-refractivity contribution in [3.63, 3.8) is 0 Å². The van der Waals surface area contributed by atoms with Crippen LogP contribution in [-0.4, -0.2) is 15.8 Å². The Kier molecular flexibility index (Phi) is 4.58. The first-order chi connectivity index (χ1) is 13.5. The maximum atomic E-state index is 12.5. The molecule has 1 amide bonds. The van der Waals surface area contributed by atoms with Crippen molar-refractivity contribution in [2.45, 2.75) is 6.92 Å². The number of nitrogens with one attached hydrogen (secondary N) is 1. The van der Waals surface area contributed by atoms with Crippen molar-refractivity contribution in [1.29, 1.82) is 0 Å². The van der Waals surface area contributed by atoms with Gasteiger partial charge in [-0.15, -0.1) is 11.3 Å². The molecule has 0 unspecified atom stereocenters. The highest BCUT2D eigenvalue weighted by molar-refractivity contribution is 7.21. The Bertz CT molecular complexity index is 1180. The van der Waals surface area contributed by atoms with E-state index in [1.54, 1.807) is 24.3 Å². The molecular weight excluding hydrogens is 374 g/mol. The predicted octanol–water partition coefficient (Wildman–Crippen LogP) is 5.43.